The van der Waals surface area contributed by atoms with Crippen LogP contribution in [0.4, 0.5) is 0 Å². The van der Waals surface area contributed by atoms with Gasteiger partial charge in [0.1, 0.15) is 5.75 Å². The zero-order valence-corrected chi connectivity index (χ0v) is 19.2. The molecule has 31 heavy (non-hydrogen) atoms. The average molecular weight is 476 g/mol. The summed E-state index contributed by atoms with van der Waals surface area (Å²) in [4.78, 5) is 32.8. The summed E-state index contributed by atoms with van der Waals surface area (Å²) in [6.45, 7) is 0.664. The Morgan fingerprint density at radius 3 is 2.65 bits per heavy atom. The molecule has 4 rings (SSSR count). The summed E-state index contributed by atoms with van der Waals surface area (Å²) in [5.41, 5.74) is 2.18. The smallest absolute Gasteiger partial charge is 0.262 e. The lowest BCUT2D eigenvalue weighted by Gasteiger charge is -2.29. The highest BCUT2D eigenvalue weighted by atomic mass is 35.5. The van der Waals surface area contributed by atoms with Gasteiger partial charge in [-0.1, -0.05) is 47.1 Å². The number of para-hydroxylation sites is 2. The van der Waals surface area contributed by atoms with E-state index in [-0.39, 0.29) is 18.0 Å². The van der Waals surface area contributed by atoms with Crippen molar-refractivity contribution in [2.45, 2.75) is 18.1 Å². The second-order valence-corrected chi connectivity index (χ2v) is 8.53. The first-order chi connectivity index (χ1) is 14.9. The molecule has 3 aromatic rings. The van der Waals surface area contributed by atoms with Crippen molar-refractivity contribution in [3.05, 3.63) is 79.7 Å². The Hall–Kier alpha value is -2.48. The Balaban J connectivity index is 1.73. The number of carbonyl (C=O) groups excluding carboxylic acids is 1. The Kier molecular flexibility index (Phi) is 6.27. The fraction of sp³-hybridized carbons (Fsp3) is 0.227. The number of aromatic nitrogens is 2. The maximum absolute atomic E-state index is 13.4. The SMILES string of the molecule is COc1ccccc1-n1c(SC)nc2c(c1=O)CCN(C(=O)c1ccc(Cl)c(Cl)c1)C2. The Morgan fingerprint density at radius 1 is 1.16 bits per heavy atom. The number of nitrogens with zero attached hydrogens (tertiary/aromatic N) is 3. The van der Waals surface area contributed by atoms with Crippen molar-refractivity contribution >= 4 is 40.9 Å². The molecular formula is C22H19Cl2N3O3S. The van der Waals surface area contributed by atoms with Gasteiger partial charge in [0.15, 0.2) is 5.16 Å². The van der Waals surface area contributed by atoms with Crippen molar-refractivity contribution in [1.82, 2.24) is 14.5 Å². The number of fused-ring (bicyclic) bond motifs is 1. The minimum absolute atomic E-state index is 0.138. The summed E-state index contributed by atoms with van der Waals surface area (Å²) in [5, 5.41) is 1.26. The van der Waals surface area contributed by atoms with Gasteiger partial charge in [-0.15, -0.1) is 0 Å². The molecule has 0 saturated carbocycles. The van der Waals surface area contributed by atoms with E-state index in [1.807, 2.05) is 30.5 Å². The zero-order chi connectivity index (χ0) is 22.1. The first kappa shape index (κ1) is 21.7. The summed E-state index contributed by atoms with van der Waals surface area (Å²) in [6.07, 6.45) is 2.28. The van der Waals surface area contributed by atoms with E-state index in [9.17, 15) is 9.59 Å². The maximum atomic E-state index is 13.4. The van der Waals surface area contributed by atoms with Crippen LogP contribution >= 0.6 is 35.0 Å². The number of rotatable bonds is 4. The van der Waals surface area contributed by atoms with Gasteiger partial charge in [-0.2, -0.15) is 0 Å². The van der Waals surface area contributed by atoms with Crippen LogP contribution in [0.25, 0.3) is 5.69 Å². The van der Waals surface area contributed by atoms with Crippen LogP contribution in [0.5, 0.6) is 5.75 Å². The van der Waals surface area contributed by atoms with E-state index in [4.69, 9.17) is 32.9 Å². The fourth-order valence-electron chi connectivity index (χ4n) is 3.62. The summed E-state index contributed by atoms with van der Waals surface area (Å²) < 4.78 is 7.03. The minimum atomic E-state index is -0.175. The van der Waals surface area contributed by atoms with Crippen molar-refractivity contribution in [3.63, 3.8) is 0 Å². The number of ether oxygens (including phenoxy) is 1. The molecule has 0 saturated heterocycles. The molecule has 1 amide bonds. The van der Waals surface area contributed by atoms with Crippen LogP contribution in [0.1, 0.15) is 21.6 Å². The molecule has 0 unspecified atom stereocenters. The van der Waals surface area contributed by atoms with Gasteiger partial charge >= 0.3 is 0 Å². The van der Waals surface area contributed by atoms with Gasteiger partial charge in [0.25, 0.3) is 11.5 Å². The molecule has 0 radical (unpaired) electrons. The largest absolute Gasteiger partial charge is 0.495 e. The van der Waals surface area contributed by atoms with Gasteiger partial charge < -0.3 is 9.64 Å². The molecule has 160 valence electrons. The second-order valence-electron chi connectivity index (χ2n) is 6.94. The number of hydrogen-bond donors (Lipinski definition) is 0. The van der Waals surface area contributed by atoms with Crippen molar-refractivity contribution in [2.24, 2.45) is 0 Å². The molecule has 1 aliphatic rings. The molecule has 6 nitrogen and oxygen atoms in total. The summed E-state index contributed by atoms with van der Waals surface area (Å²) in [7, 11) is 1.57. The Morgan fingerprint density at radius 2 is 1.94 bits per heavy atom. The minimum Gasteiger partial charge on any atom is -0.495 e. The molecule has 0 bridgehead atoms. The summed E-state index contributed by atoms with van der Waals surface area (Å²) in [6, 6.07) is 12.1. The highest BCUT2D eigenvalue weighted by molar-refractivity contribution is 7.98. The molecule has 1 aromatic heterocycles. The van der Waals surface area contributed by atoms with Gasteiger partial charge in [0, 0.05) is 17.7 Å². The second kappa shape index (κ2) is 8.94. The van der Waals surface area contributed by atoms with Crippen molar-refractivity contribution < 1.29 is 9.53 Å². The molecule has 0 N–H and O–H groups in total. The molecule has 2 heterocycles. The molecule has 2 aromatic carbocycles. The topological polar surface area (TPSA) is 64.4 Å². The van der Waals surface area contributed by atoms with Crippen LogP contribution < -0.4 is 10.3 Å². The van der Waals surface area contributed by atoms with Gasteiger partial charge in [0.05, 0.1) is 35.1 Å². The van der Waals surface area contributed by atoms with Gasteiger partial charge in [-0.05, 0) is 43.0 Å². The highest BCUT2D eigenvalue weighted by Crippen LogP contribution is 2.28. The average Bonchev–Trinajstić information content (AvgIpc) is 2.79. The Bertz CT molecular complexity index is 1230. The lowest BCUT2D eigenvalue weighted by molar-refractivity contribution is 0.0730. The maximum Gasteiger partial charge on any atom is 0.262 e. The number of carbonyl (C=O) groups is 1. The Labute approximate surface area is 193 Å². The van der Waals surface area contributed by atoms with Crippen LogP contribution in [-0.2, 0) is 13.0 Å². The monoisotopic (exact) mass is 475 g/mol. The van der Waals surface area contributed by atoms with Crippen molar-refractivity contribution in [1.29, 1.82) is 0 Å². The third-order valence-electron chi connectivity index (χ3n) is 5.17. The van der Waals surface area contributed by atoms with Crippen LogP contribution in [0, 0.1) is 0 Å². The van der Waals surface area contributed by atoms with Crippen molar-refractivity contribution in [2.75, 3.05) is 19.9 Å². The number of amides is 1. The van der Waals surface area contributed by atoms with E-state index in [0.717, 1.165) is 0 Å². The van der Waals surface area contributed by atoms with E-state index in [1.165, 1.54) is 11.8 Å². The van der Waals surface area contributed by atoms with Crippen LogP contribution in [-0.4, -0.2) is 40.3 Å². The van der Waals surface area contributed by atoms with Gasteiger partial charge in [-0.25, -0.2) is 4.98 Å². The summed E-state index contributed by atoms with van der Waals surface area (Å²) in [5.74, 6) is 0.416. The quantitative estimate of drug-likeness (QED) is 0.411. The fourth-order valence-corrected chi connectivity index (χ4v) is 4.48. The highest BCUT2D eigenvalue weighted by Gasteiger charge is 2.27. The van der Waals surface area contributed by atoms with E-state index >= 15 is 0 Å². The molecule has 0 atom stereocenters. The van der Waals surface area contributed by atoms with E-state index in [2.05, 4.69) is 0 Å². The van der Waals surface area contributed by atoms with Gasteiger partial charge in [-0.3, -0.25) is 14.2 Å². The van der Waals surface area contributed by atoms with E-state index in [1.54, 1.807) is 34.8 Å². The molecular weight excluding hydrogens is 457 g/mol. The normalized spacial score (nSPS) is 13.1. The third-order valence-corrected chi connectivity index (χ3v) is 6.54. The van der Waals surface area contributed by atoms with E-state index in [0.29, 0.717) is 56.4 Å². The van der Waals surface area contributed by atoms with E-state index < -0.39 is 0 Å². The molecule has 0 spiro atoms. The van der Waals surface area contributed by atoms with Gasteiger partial charge in [0.2, 0.25) is 0 Å². The lowest BCUT2D eigenvalue weighted by Crippen LogP contribution is -2.40. The lowest BCUT2D eigenvalue weighted by atomic mass is 10.0. The number of thioether (sulfide) groups is 1. The predicted molar refractivity (Wildman–Crippen MR) is 123 cm³/mol. The van der Waals surface area contributed by atoms with Crippen LogP contribution in [0.2, 0.25) is 10.0 Å². The zero-order valence-electron chi connectivity index (χ0n) is 16.9. The predicted octanol–water partition coefficient (Wildman–Crippen LogP) is 4.47. The first-order valence-corrected chi connectivity index (χ1v) is 11.5. The molecule has 1 aliphatic heterocycles. The molecule has 9 heteroatoms. The number of benzene rings is 2. The standard InChI is InChI=1S/C22H19Cl2N3O3S/c1-30-19-6-4-3-5-18(19)27-21(29)14-9-10-26(12-17(14)25-22(27)31-2)20(28)13-7-8-15(23)16(24)11-13/h3-8,11H,9-10,12H2,1-2H3. The third kappa shape index (κ3) is 4.05. The number of hydrogen-bond acceptors (Lipinski definition) is 5. The first-order valence-electron chi connectivity index (χ1n) is 9.51. The molecule has 0 aliphatic carbocycles. The van der Waals surface area contributed by atoms with Crippen molar-refractivity contribution in [3.8, 4) is 11.4 Å². The molecule has 0 fully saturated rings. The number of halogens is 2. The summed E-state index contributed by atoms with van der Waals surface area (Å²) >= 11 is 13.4. The van der Waals surface area contributed by atoms with Crippen LogP contribution in [0.15, 0.2) is 52.4 Å². The van der Waals surface area contributed by atoms with Crippen LogP contribution in [0.3, 0.4) is 0 Å². The number of methoxy groups -OCH3 is 1.